The third kappa shape index (κ3) is 4.85. The van der Waals surface area contributed by atoms with E-state index in [1.807, 2.05) is 6.92 Å². The van der Waals surface area contributed by atoms with Crippen LogP contribution in [0.5, 0.6) is 0 Å². The molecule has 152 valence electrons. The summed E-state index contributed by atoms with van der Waals surface area (Å²) in [5.41, 5.74) is 0.554. The lowest BCUT2D eigenvalue weighted by Gasteiger charge is -2.32. The maximum atomic E-state index is 12.7. The molecular weight excluding hydrogens is 397 g/mol. The van der Waals surface area contributed by atoms with Crippen LogP contribution in [0.3, 0.4) is 0 Å². The van der Waals surface area contributed by atoms with Gasteiger partial charge in [0.15, 0.2) is 0 Å². The molecule has 0 atom stereocenters. The fourth-order valence-electron chi connectivity index (χ4n) is 3.47. The molecule has 3 rings (SSSR count). The van der Waals surface area contributed by atoms with Gasteiger partial charge in [0.1, 0.15) is 11.5 Å². The first-order chi connectivity index (χ1) is 13.5. The molecule has 0 bridgehead atoms. The summed E-state index contributed by atoms with van der Waals surface area (Å²) in [6, 6.07) is 5.43. The van der Waals surface area contributed by atoms with E-state index in [-0.39, 0.29) is 17.8 Å². The molecule has 2 heterocycles. The first kappa shape index (κ1) is 21.1. The van der Waals surface area contributed by atoms with Crippen LogP contribution in [0.1, 0.15) is 56.0 Å². The molecule has 0 spiro atoms. The highest BCUT2D eigenvalue weighted by Crippen LogP contribution is 2.28. The van der Waals surface area contributed by atoms with Gasteiger partial charge >= 0.3 is 0 Å². The van der Waals surface area contributed by atoms with E-state index in [0.29, 0.717) is 28.0 Å². The minimum Gasteiger partial charge on any atom is -0.346 e. The van der Waals surface area contributed by atoms with Gasteiger partial charge in [-0.2, -0.15) is 0 Å². The number of amides is 1. The van der Waals surface area contributed by atoms with Crippen molar-refractivity contribution in [3.8, 4) is 5.69 Å². The lowest BCUT2D eigenvalue weighted by Crippen LogP contribution is -2.45. The molecule has 1 aromatic heterocycles. The molecule has 6 nitrogen and oxygen atoms in total. The van der Waals surface area contributed by atoms with E-state index in [1.165, 1.54) is 12.8 Å². The van der Waals surface area contributed by atoms with Crippen molar-refractivity contribution in [1.29, 1.82) is 0 Å². The van der Waals surface area contributed by atoms with Crippen LogP contribution in [-0.4, -0.2) is 51.2 Å². The van der Waals surface area contributed by atoms with Gasteiger partial charge in [-0.3, -0.25) is 4.79 Å². The molecule has 1 aliphatic rings. The zero-order valence-corrected chi connectivity index (χ0v) is 17.9. The van der Waals surface area contributed by atoms with Gasteiger partial charge < -0.3 is 10.2 Å². The summed E-state index contributed by atoms with van der Waals surface area (Å²) < 4.78 is 1.58. The van der Waals surface area contributed by atoms with Crippen LogP contribution < -0.4 is 5.32 Å². The minimum atomic E-state index is -0.247. The Hall–Kier alpha value is -1.63. The Bertz CT molecular complexity index is 795. The van der Waals surface area contributed by atoms with Crippen molar-refractivity contribution in [2.45, 2.75) is 52.0 Å². The van der Waals surface area contributed by atoms with Gasteiger partial charge in [-0.05, 0) is 37.9 Å². The smallest absolute Gasteiger partial charge is 0.291 e. The molecule has 2 aromatic rings. The summed E-state index contributed by atoms with van der Waals surface area (Å²) in [5, 5.41) is 8.44. The van der Waals surface area contributed by atoms with E-state index < -0.39 is 0 Å². The standard InChI is InChI=1S/C20H27Cl2N5O/c1-3-5-11-26-12-9-14(10-13-26)23-20(28)19-24-17(4-2)27(25-19)18-15(21)7-6-8-16(18)22/h6-8,14H,3-5,9-13H2,1-2H3,(H,23,28). The Labute approximate surface area is 176 Å². The molecule has 0 aliphatic carbocycles. The maximum Gasteiger partial charge on any atom is 0.291 e. The quantitative estimate of drug-likeness (QED) is 0.726. The van der Waals surface area contributed by atoms with E-state index in [0.717, 1.165) is 32.5 Å². The number of aromatic nitrogens is 3. The normalized spacial score (nSPS) is 15.7. The monoisotopic (exact) mass is 423 g/mol. The summed E-state index contributed by atoms with van der Waals surface area (Å²) in [5.74, 6) is 0.555. The molecule has 0 saturated carbocycles. The number of halogens is 2. The minimum absolute atomic E-state index is 0.154. The molecule has 1 fully saturated rings. The average Bonchev–Trinajstić information content (AvgIpc) is 3.11. The average molecular weight is 424 g/mol. The summed E-state index contributed by atoms with van der Waals surface area (Å²) >= 11 is 12.6. The Morgan fingerprint density at radius 2 is 1.89 bits per heavy atom. The number of rotatable bonds is 7. The van der Waals surface area contributed by atoms with Gasteiger partial charge in [-0.1, -0.05) is 49.5 Å². The van der Waals surface area contributed by atoms with Gasteiger partial charge in [0, 0.05) is 25.6 Å². The van der Waals surface area contributed by atoms with Crippen molar-refractivity contribution in [2.24, 2.45) is 0 Å². The first-order valence-electron chi connectivity index (χ1n) is 9.97. The SMILES string of the molecule is CCCCN1CCC(NC(=O)c2nc(CC)n(-c3c(Cl)cccc3Cl)n2)CC1. The second kappa shape index (κ2) is 9.72. The molecule has 1 aliphatic heterocycles. The first-order valence-corrected chi connectivity index (χ1v) is 10.7. The number of para-hydroxylation sites is 1. The summed E-state index contributed by atoms with van der Waals surface area (Å²) in [7, 11) is 0. The molecular formula is C20H27Cl2N5O. The summed E-state index contributed by atoms with van der Waals surface area (Å²) in [4.78, 5) is 19.6. The molecule has 1 aromatic carbocycles. The Morgan fingerprint density at radius 1 is 1.21 bits per heavy atom. The topological polar surface area (TPSA) is 63.1 Å². The van der Waals surface area contributed by atoms with E-state index in [2.05, 4.69) is 27.2 Å². The zero-order chi connectivity index (χ0) is 20.1. The highest BCUT2D eigenvalue weighted by Gasteiger charge is 2.24. The number of nitrogens with zero attached hydrogens (tertiary/aromatic N) is 4. The zero-order valence-electron chi connectivity index (χ0n) is 16.4. The molecule has 8 heteroatoms. The highest BCUT2D eigenvalue weighted by molar-refractivity contribution is 6.37. The number of hydrogen-bond acceptors (Lipinski definition) is 4. The van der Waals surface area contributed by atoms with Crippen molar-refractivity contribution in [3.05, 3.63) is 39.9 Å². The fourth-order valence-corrected chi connectivity index (χ4v) is 4.03. The molecule has 1 N–H and O–H groups in total. The number of aryl methyl sites for hydroxylation is 1. The lowest BCUT2D eigenvalue weighted by molar-refractivity contribution is 0.0900. The van der Waals surface area contributed by atoms with E-state index in [1.54, 1.807) is 22.9 Å². The second-order valence-electron chi connectivity index (χ2n) is 7.13. The molecule has 0 radical (unpaired) electrons. The van der Waals surface area contributed by atoms with E-state index in [9.17, 15) is 4.79 Å². The third-order valence-corrected chi connectivity index (χ3v) is 5.70. The predicted octanol–water partition coefficient (Wildman–Crippen LogP) is 4.13. The van der Waals surface area contributed by atoms with Crippen LogP contribution in [0.2, 0.25) is 10.0 Å². The largest absolute Gasteiger partial charge is 0.346 e. The van der Waals surface area contributed by atoms with Crippen LogP contribution >= 0.6 is 23.2 Å². The molecule has 1 amide bonds. The highest BCUT2D eigenvalue weighted by atomic mass is 35.5. The van der Waals surface area contributed by atoms with Crippen molar-refractivity contribution in [1.82, 2.24) is 25.0 Å². The van der Waals surface area contributed by atoms with Crippen molar-refractivity contribution >= 4 is 29.1 Å². The van der Waals surface area contributed by atoms with Gasteiger partial charge in [-0.15, -0.1) is 5.10 Å². The molecule has 0 unspecified atom stereocenters. The second-order valence-corrected chi connectivity index (χ2v) is 7.94. The molecule has 28 heavy (non-hydrogen) atoms. The van der Waals surface area contributed by atoms with Crippen molar-refractivity contribution < 1.29 is 4.79 Å². The van der Waals surface area contributed by atoms with Gasteiger partial charge in [0.25, 0.3) is 5.91 Å². The van der Waals surface area contributed by atoms with Gasteiger partial charge in [0.05, 0.1) is 10.0 Å². The van der Waals surface area contributed by atoms with Crippen molar-refractivity contribution in [3.63, 3.8) is 0 Å². The van der Waals surface area contributed by atoms with Gasteiger partial charge in [0.2, 0.25) is 5.82 Å². The maximum absolute atomic E-state index is 12.7. The number of likely N-dealkylation sites (tertiary alicyclic amines) is 1. The summed E-state index contributed by atoms with van der Waals surface area (Å²) in [6.07, 6.45) is 4.95. The van der Waals surface area contributed by atoms with E-state index >= 15 is 0 Å². The number of piperidine rings is 1. The number of hydrogen-bond donors (Lipinski definition) is 1. The van der Waals surface area contributed by atoms with Crippen LogP contribution in [0.4, 0.5) is 0 Å². The summed E-state index contributed by atoms with van der Waals surface area (Å²) in [6.45, 7) is 7.34. The number of benzene rings is 1. The Morgan fingerprint density at radius 3 is 2.50 bits per heavy atom. The van der Waals surface area contributed by atoms with Crippen LogP contribution in [0, 0.1) is 0 Å². The third-order valence-electron chi connectivity index (χ3n) is 5.09. The Kier molecular flexibility index (Phi) is 7.32. The van der Waals surface area contributed by atoms with E-state index in [4.69, 9.17) is 23.2 Å². The number of carbonyl (C=O) groups is 1. The molecule has 1 saturated heterocycles. The number of carbonyl (C=O) groups excluding carboxylic acids is 1. The Balaban J connectivity index is 1.69. The van der Waals surface area contributed by atoms with Crippen LogP contribution in [0.25, 0.3) is 5.69 Å². The van der Waals surface area contributed by atoms with Crippen LogP contribution in [0.15, 0.2) is 18.2 Å². The van der Waals surface area contributed by atoms with Crippen LogP contribution in [-0.2, 0) is 6.42 Å². The van der Waals surface area contributed by atoms with Gasteiger partial charge in [-0.25, -0.2) is 9.67 Å². The predicted molar refractivity (Wildman–Crippen MR) is 113 cm³/mol. The van der Waals surface area contributed by atoms with Crippen molar-refractivity contribution in [2.75, 3.05) is 19.6 Å². The fraction of sp³-hybridized carbons (Fsp3) is 0.550. The number of nitrogens with one attached hydrogen (secondary N) is 1. The lowest BCUT2D eigenvalue weighted by atomic mass is 10.0. The number of unbranched alkanes of at least 4 members (excludes halogenated alkanes) is 1.